The Labute approximate surface area is 244 Å². The van der Waals surface area contributed by atoms with E-state index in [1.54, 1.807) is 60.5 Å². The van der Waals surface area contributed by atoms with Crippen LogP contribution in [0.2, 0.25) is 0 Å². The van der Waals surface area contributed by atoms with Gasteiger partial charge in [-0.05, 0) is 91.5 Å². The minimum Gasteiger partial charge on any atom is -0.455 e. The van der Waals surface area contributed by atoms with Crippen molar-refractivity contribution in [3.8, 4) is 23.8 Å². The van der Waals surface area contributed by atoms with E-state index in [2.05, 4.69) is 29.9 Å². The van der Waals surface area contributed by atoms with Crippen LogP contribution in [-0.2, 0) is 10.9 Å². The minimum atomic E-state index is -4.53. The monoisotopic (exact) mass is 568 g/mol. The zero-order valence-corrected chi connectivity index (χ0v) is 23.8. The molecule has 214 valence electrons. The van der Waals surface area contributed by atoms with Gasteiger partial charge in [-0.1, -0.05) is 36.3 Å². The molecular formula is C35H31F3N2O2. The third kappa shape index (κ3) is 7.11. The fourth-order valence-corrected chi connectivity index (χ4v) is 4.51. The van der Waals surface area contributed by atoms with Crippen molar-refractivity contribution in [2.45, 2.75) is 39.0 Å². The molecular weight excluding hydrogens is 537 g/mol. The van der Waals surface area contributed by atoms with Gasteiger partial charge in [-0.2, -0.15) is 18.3 Å². The average Bonchev–Trinajstić information content (AvgIpc) is 3.45. The Bertz CT molecular complexity index is 1690. The molecule has 4 rings (SSSR count). The van der Waals surface area contributed by atoms with E-state index in [4.69, 9.17) is 15.9 Å². The van der Waals surface area contributed by atoms with Gasteiger partial charge in [-0.15, -0.1) is 18.7 Å². The van der Waals surface area contributed by atoms with E-state index in [-0.39, 0.29) is 23.8 Å². The molecule has 0 fully saturated rings. The summed E-state index contributed by atoms with van der Waals surface area (Å²) in [6, 6.07) is 10.7. The molecule has 3 aromatic rings. The highest BCUT2D eigenvalue weighted by atomic mass is 19.4. The lowest BCUT2D eigenvalue weighted by atomic mass is 9.96. The maximum Gasteiger partial charge on any atom is 0.416 e. The summed E-state index contributed by atoms with van der Waals surface area (Å²) in [5.41, 5.74) is 7.13. The standard InChI is InChI=1S/C35H31F3N2O2/c1-7-26-15-16-32(40-22-28(21-39-40)33(41-6)17-23(2)3)34(19-26)42-29-18-25(5)24(4)11-10-12-27(20-29)30-13-8-9-14-31(30)35(36,37)38/h1,8-10,13-16,18-22,33H,2,5,12,17H2,3-4,6H3/b27-20+,29-18+. The van der Waals surface area contributed by atoms with E-state index in [1.807, 2.05) is 20.0 Å². The summed E-state index contributed by atoms with van der Waals surface area (Å²) in [5, 5.41) is 4.53. The van der Waals surface area contributed by atoms with E-state index < -0.39 is 11.7 Å². The first-order chi connectivity index (χ1) is 20.0. The molecule has 1 aliphatic rings. The maximum atomic E-state index is 14.0. The Hall–Kier alpha value is -4.76. The van der Waals surface area contributed by atoms with Crippen molar-refractivity contribution in [3.05, 3.63) is 137 Å². The van der Waals surface area contributed by atoms with Crippen LogP contribution >= 0.6 is 0 Å². The van der Waals surface area contributed by atoms with Gasteiger partial charge in [0.15, 0.2) is 5.75 Å². The van der Waals surface area contributed by atoms with Gasteiger partial charge in [0.1, 0.15) is 11.4 Å². The highest BCUT2D eigenvalue weighted by Crippen LogP contribution is 2.37. The number of allylic oxidation sites excluding steroid dienone is 5. The summed E-state index contributed by atoms with van der Waals surface area (Å²) >= 11 is 0. The fraction of sp³-hybridized carbons (Fsp3) is 0.200. The number of halogens is 3. The van der Waals surface area contributed by atoms with Gasteiger partial charge >= 0.3 is 6.18 Å². The van der Waals surface area contributed by atoms with Crippen LogP contribution in [0.1, 0.15) is 55.0 Å². The summed E-state index contributed by atoms with van der Waals surface area (Å²) in [7, 11) is 1.63. The summed E-state index contributed by atoms with van der Waals surface area (Å²) in [6.07, 6.45) is 10.3. The van der Waals surface area contributed by atoms with Crippen LogP contribution in [0, 0.1) is 12.3 Å². The molecule has 0 bridgehead atoms. The minimum absolute atomic E-state index is 0.0557. The first-order valence-corrected chi connectivity index (χ1v) is 13.2. The van der Waals surface area contributed by atoms with Crippen molar-refractivity contribution in [1.82, 2.24) is 9.78 Å². The number of ether oxygens (including phenoxy) is 2. The molecule has 42 heavy (non-hydrogen) atoms. The van der Waals surface area contributed by atoms with Crippen LogP contribution in [0.3, 0.4) is 0 Å². The number of hydrogen-bond acceptors (Lipinski definition) is 3. The Morgan fingerprint density at radius 2 is 1.98 bits per heavy atom. The lowest BCUT2D eigenvalue weighted by molar-refractivity contribution is -0.137. The number of nitrogens with zero attached hydrogens (tertiary/aromatic N) is 2. The molecule has 7 heteroatoms. The molecule has 1 unspecified atom stereocenters. The summed E-state index contributed by atoms with van der Waals surface area (Å²) in [6.45, 7) is 11.8. The summed E-state index contributed by atoms with van der Waals surface area (Å²) in [5.74, 6) is 3.25. The molecule has 0 amide bonds. The molecule has 1 heterocycles. The quantitative estimate of drug-likeness (QED) is 0.155. The van der Waals surface area contributed by atoms with Crippen molar-refractivity contribution in [2.24, 2.45) is 0 Å². The van der Waals surface area contributed by atoms with Crippen molar-refractivity contribution >= 4 is 5.57 Å². The van der Waals surface area contributed by atoms with E-state index in [0.717, 1.165) is 22.8 Å². The van der Waals surface area contributed by atoms with Crippen LogP contribution in [-0.4, -0.2) is 16.9 Å². The smallest absolute Gasteiger partial charge is 0.416 e. The Morgan fingerprint density at radius 1 is 1.21 bits per heavy atom. The molecule has 0 saturated heterocycles. The number of aromatic nitrogens is 2. The van der Waals surface area contributed by atoms with E-state index in [1.165, 1.54) is 12.1 Å². The molecule has 0 N–H and O–H groups in total. The number of methoxy groups -OCH3 is 1. The van der Waals surface area contributed by atoms with Gasteiger partial charge in [-0.25, -0.2) is 4.68 Å². The SMILES string of the molecule is C#Cc1ccc(-n2cc(C(CC(=C)C)OC)cn2)c(OC2=C/C(=C)C(C)=C=CC/C(c3ccccc3C(F)(F)F)=C\2)c1. The van der Waals surface area contributed by atoms with E-state index >= 15 is 0 Å². The van der Waals surface area contributed by atoms with Crippen LogP contribution in [0.4, 0.5) is 13.2 Å². The normalized spacial score (nSPS) is 17.0. The van der Waals surface area contributed by atoms with Gasteiger partial charge in [-0.3, -0.25) is 0 Å². The molecule has 0 spiro atoms. The largest absolute Gasteiger partial charge is 0.455 e. The maximum absolute atomic E-state index is 14.0. The first kappa shape index (κ1) is 30.2. The van der Waals surface area contributed by atoms with E-state index in [9.17, 15) is 13.2 Å². The number of terminal acetylenes is 1. The molecule has 0 radical (unpaired) electrons. The second-order valence-corrected chi connectivity index (χ2v) is 10.00. The topological polar surface area (TPSA) is 36.3 Å². The Balaban J connectivity index is 1.83. The average molecular weight is 569 g/mol. The highest BCUT2D eigenvalue weighted by molar-refractivity contribution is 5.72. The summed E-state index contributed by atoms with van der Waals surface area (Å²) < 4.78 is 55.6. The van der Waals surface area contributed by atoms with Gasteiger partial charge in [0, 0.05) is 24.4 Å². The van der Waals surface area contributed by atoms with Crippen molar-refractivity contribution in [3.63, 3.8) is 0 Å². The second-order valence-electron chi connectivity index (χ2n) is 10.00. The van der Waals surface area contributed by atoms with Crippen LogP contribution in [0.25, 0.3) is 11.3 Å². The van der Waals surface area contributed by atoms with Gasteiger partial charge in [0.25, 0.3) is 0 Å². The molecule has 1 aliphatic carbocycles. The Morgan fingerprint density at radius 3 is 2.67 bits per heavy atom. The predicted molar refractivity (Wildman–Crippen MR) is 160 cm³/mol. The van der Waals surface area contributed by atoms with Crippen molar-refractivity contribution in [1.29, 1.82) is 0 Å². The zero-order valence-electron chi connectivity index (χ0n) is 23.8. The predicted octanol–water partition coefficient (Wildman–Crippen LogP) is 8.93. The molecule has 0 saturated carbocycles. The van der Waals surface area contributed by atoms with Crippen LogP contribution in [0.5, 0.6) is 5.75 Å². The molecule has 4 nitrogen and oxygen atoms in total. The second kappa shape index (κ2) is 12.8. The third-order valence-electron chi connectivity index (χ3n) is 6.73. The van der Waals surface area contributed by atoms with Gasteiger partial charge in [0.05, 0.1) is 17.9 Å². The lowest BCUT2D eigenvalue weighted by Crippen LogP contribution is -2.09. The summed E-state index contributed by atoms with van der Waals surface area (Å²) in [4.78, 5) is 0. The van der Waals surface area contributed by atoms with Crippen LogP contribution in [0.15, 0.2) is 114 Å². The number of rotatable bonds is 8. The Kier molecular flexibility index (Phi) is 9.22. The number of benzene rings is 2. The van der Waals surface area contributed by atoms with Gasteiger partial charge < -0.3 is 9.47 Å². The number of hydrogen-bond donors (Lipinski definition) is 0. The third-order valence-corrected chi connectivity index (χ3v) is 6.73. The van der Waals surface area contributed by atoms with Crippen molar-refractivity contribution in [2.75, 3.05) is 7.11 Å². The van der Waals surface area contributed by atoms with E-state index in [0.29, 0.717) is 34.6 Å². The number of alkyl halides is 3. The van der Waals surface area contributed by atoms with Gasteiger partial charge in [0.2, 0.25) is 0 Å². The van der Waals surface area contributed by atoms with Crippen LogP contribution < -0.4 is 4.74 Å². The molecule has 2 aromatic carbocycles. The fourth-order valence-electron chi connectivity index (χ4n) is 4.51. The first-order valence-electron chi connectivity index (χ1n) is 13.2. The molecule has 1 atom stereocenters. The zero-order chi connectivity index (χ0) is 30.4. The lowest BCUT2D eigenvalue weighted by Gasteiger charge is -2.17. The molecule has 1 aromatic heterocycles. The molecule has 0 aliphatic heterocycles. The van der Waals surface area contributed by atoms with Crippen molar-refractivity contribution < 1.29 is 22.6 Å². The highest BCUT2D eigenvalue weighted by Gasteiger charge is 2.33.